The van der Waals surface area contributed by atoms with Crippen LogP contribution in [0.4, 0.5) is 0 Å². The monoisotopic (exact) mass is 329 g/mol. The zero-order chi connectivity index (χ0) is 15.8. The summed E-state index contributed by atoms with van der Waals surface area (Å²) in [4.78, 5) is 4.36. The van der Waals surface area contributed by atoms with Gasteiger partial charge >= 0.3 is 0 Å². The topological polar surface area (TPSA) is 58.8 Å². The van der Waals surface area contributed by atoms with Crippen molar-refractivity contribution in [3.8, 4) is 5.75 Å². The molecule has 2 aromatic heterocycles. The summed E-state index contributed by atoms with van der Waals surface area (Å²) in [7, 11) is 0. The number of aromatic nitrogens is 2. The lowest BCUT2D eigenvalue weighted by molar-refractivity contribution is 0.0543. The Bertz CT molecular complexity index is 849. The molecule has 0 aliphatic carbocycles. The third-order valence-corrected chi connectivity index (χ3v) is 4.32. The molecule has 0 unspecified atom stereocenters. The number of fused-ring (bicyclic) bond motifs is 2. The molecule has 0 saturated carbocycles. The van der Waals surface area contributed by atoms with E-state index in [0.717, 1.165) is 22.7 Å². The van der Waals surface area contributed by atoms with Gasteiger partial charge in [0.25, 0.3) is 0 Å². The molecule has 5 nitrogen and oxygen atoms in total. The Morgan fingerprint density at radius 2 is 2.17 bits per heavy atom. The molecule has 0 fully saturated rings. The van der Waals surface area contributed by atoms with Gasteiger partial charge in [0, 0.05) is 18.3 Å². The number of aliphatic hydroxyl groups is 1. The highest BCUT2D eigenvalue weighted by molar-refractivity contribution is 6.30. The minimum Gasteiger partial charge on any atom is -0.490 e. The van der Waals surface area contributed by atoms with Crippen LogP contribution in [0, 0.1) is 0 Å². The number of nitrogens with one attached hydrogen (secondary N) is 1. The standard InChI is InChI=1S/C17H16ClN3O2/c18-11-5-6-16-19-7-12(21(16)9-11)8-20-17-13-3-1-2-4-15(13)23-10-14(17)22/h1-7,9,14,17,20,22H,8,10H2/t14-,17+/m1/s1. The van der Waals surface area contributed by atoms with Crippen molar-refractivity contribution in [2.24, 2.45) is 0 Å². The van der Waals surface area contributed by atoms with Crippen LogP contribution in [-0.2, 0) is 6.54 Å². The Morgan fingerprint density at radius 1 is 1.30 bits per heavy atom. The van der Waals surface area contributed by atoms with E-state index in [-0.39, 0.29) is 12.6 Å². The van der Waals surface area contributed by atoms with Gasteiger partial charge in [0.2, 0.25) is 0 Å². The van der Waals surface area contributed by atoms with E-state index in [1.54, 1.807) is 0 Å². The Morgan fingerprint density at radius 3 is 3.09 bits per heavy atom. The first-order valence-electron chi connectivity index (χ1n) is 7.47. The van der Waals surface area contributed by atoms with Crippen LogP contribution in [0.5, 0.6) is 5.75 Å². The maximum absolute atomic E-state index is 10.3. The molecule has 0 radical (unpaired) electrons. The van der Waals surface area contributed by atoms with Crippen molar-refractivity contribution in [2.45, 2.75) is 18.7 Å². The van der Waals surface area contributed by atoms with Crippen LogP contribution in [0.2, 0.25) is 5.02 Å². The molecule has 23 heavy (non-hydrogen) atoms. The lowest BCUT2D eigenvalue weighted by atomic mass is 9.98. The van der Waals surface area contributed by atoms with E-state index in [4.69, 9.17) is 16.3 Å². The van der Waals surface area contributed by atoms with Crippen molar-refractivity contribution >= 4 is 17.2 Å². The first kappa shape index (κ1) is 14.5. The fraction of sp³-hybridized carbons (Fsp3) is 0.235. The molecule has 0 spiro atoms. The van der Waals surface area contributed by atoms with Crippen LogP contribution in [0.3, 0.4) is 0 Å². The molecule has 4 rings (SSSR count). The van der Waals surface area contributed by atoms with Gasteiger partial charge in [0.1, 0.15) is 24.1 Å². The van der Waals surface area contributed by atoms with Crippen LogP contribution in [0.15, 0.2) is 48.8 Å². The molecule has 2 atom stereocenters. The zero-order valence-electron chi connectivity index (χ0n) is 12.3. The number of ether oxygens (including phenoxy) is 1. The summed E-state index contributed by atoms with van der Waals surface area (Å²) in [6.45, 7) is 0.852. The average molecular weight is 330 g/mol. The minimum absolute atomic E-state index is 0.176. The highest BCUT2D eigenvalue weighted by atomic mass is 35.5. The summed E-state index contributed by atoms with van der Waals surface area (Å²) in [6, 6.07) is 11.3. The van der Waals surface area contributed by atoms with E-state index in [0.29, 0.717) is 11.6 Å². The van der Waals surface area contributed by atoms with Gasteiger partial charge in [-0.15, -0.1) is 0 Å². The summed E-state index contributed by atoms with van der Waals surface area (Å²) < 4.78 is 7.52. The van der Waals surface area contributed by atoms with Gasteiger partial charge in [-0.2, -0.15) is 0 Å². The van der Waals surface area contributed by atoms with Crippen LogP contribution in [0.25, 0.3) is 5.65 Å². The van der Waals surface area contributed by atoms with E-state index in [9.17, 15) is 5.11 Å². The van der Waals surface area contributed by atoms with E-state index < -0.39 is 6.10 Å². The van der Waals surface area contributed by atoms with Gasteiger partial charge < -0.3 is 19.6 Å². The van der Waals surface area contributed by atoms with Gasteiger partial charge in [-0.05, 0) is 18.2 Å². The maximum atomic E-state index is 10.3. The van der Waals surface area contributed by atoms with Gasteiger partial charge in [0.15, 0.2) is 0 Å². The van der Waals surface area contributed by atoms with Crippen molar-refractivity contribution in [1.29, 1.82) is 0 Å². The fourth-order valence-electron chi connectivity index (χ4n) is 2.94. The molecule has 1 aromatic carbocycles. The zero-order valence-corrected chi connectivity index (χ0v) is 13.1. The highest BCUT2D eigenvalue weighted by Gasteiger charge is 2.28. The predicted octanol–water partition coefficient (Wildman–Crippen LogP) is 2.57. The molecular weight excluding hydrogens is 314 g/mol. The molecule has 0 saturated heterocycles. The van der Waals surface area contributed by atoms with Crippen molar-refractivity contribution < 1.29 is 9.84 Å². The van der Waals surface area contributed by atoms with Crippen molar-refractivity contribution in [3.05, 3.63) is 65.1 Å². The summed E-state index contributed by atoms with van der Waals surface area (Å²) in [5, 5.41) is 14.3. The van der Waals surface area contributed by atoms with E-state index in [1.165, 1.54) is 0 Å². The average Bonchev–Trinajstić information content (AvgIpc) is 2.96. The smallest absolute Gasteiger partial charge is 0.137 e. The van der Waals surface area contributed by atoms with Crippen molar-refractivity contribution in [1.82, 2.24) is 14.7 Å². The Labute approximate surface area is 138 Å². The number of hydrogen-bond donors (Lipinski definition) is 2. The minimum atomic E-state index is -0.590. The molecule has 118 valence electrons. The maximum Gasteiger partial charge on any atom is 0.137 e. The molecule has 1 aliphatic rings. The van der Waals surface area contributed by atoms with Crippen molar-refractivity contribution in [3.63, 3.8) is 0 Å². The van der Waals surface area contributed by atoms with Gasteiger partial charge in [-0.3, -0.25) is 0 Å². The van der Waals surface area contributed by atoms with Crippen LogP contribution < -0.4 is 10.1 Å². The molecule has 2 N–H and O–H groups in total. The number of para-hydroxylation sites is 1. The Hall–Kier alpha value is -2.08. The van der Waals surface area contributed by atoms with E-state index >= 15 is 0 Å². The number of rotatable bonds is 3. The summed E-state index contributed by atoms with van der Waals surface area (Å²) in [6.07, 6.45) is 3.07. The third kappa shape index (κ3) is 2.67. The van der Waals surface area contributed by atoms with Crippen LogP contribution >= 0.6 is 11.6 Å². The second-order valence-electron chi connectivity index (χ2n) is 5.60. The number of hydrogen-bond acceptors (Lipinski definition) is 4. The van der Waals surface area contributed by atoms with E-state index in [2.05, 4.69) is 10.3 Å². The lowest BCUT2D eigenvalue weighted by Crippen LogP contribution is -2.39. The van der Waals surface area contributed by atoms with Gasteiger partial charge in [0.05, 0.1) is 23.0 Å². The Balaban J connectivity index is 1.59. The second-order valence-corrected chi connectivity index (χ2v) is 6.04. The fourth-order valence-corrected chi connectivity index (χ4v) is 3.10. The largest absolute Gasteiger partial charge is 0.490 e. The quantitative estimate of drug-likeness (QED) is 0.775. The summed E-state index contributed by atoms with van der Waals surface area (Å²) in [5.74, 6) is 0.816. The number of aliphatic hydroxyl groups excluding tert-OH is 1. The molecule has 6 heteroatoms. The van der Waals surface area contributed by atoms with Crippen LogP contribution in [-0.4, -0.2) is 27.2 Å². The van der Waals surface area contributed by atoms with Gasteiger partial charge in [-0.1, -0.05) is 29.8 Å². The normalized spacial score (nSPS) is 20.3. The number of pyridine rings is 1. The second kappa shape index (κ2) is 5.85. The number of nitrogens with zero attached hydrogens (tertiary/aromatic N) is 2. The number of halogens is 1. The number of imidazole rings is 1. The third-order valence-electron chi connectivity index (χ3n) is 4.10. The summed E-state index contributed by atoms with van der Waals surface area (Å²) >= 11 is 6.06. The molecule has 3 heterocycles. The highest BCUT2D eigenvalue weighted by Crippen LogP contribution is 2.32. The predicted molar refractivity (Wildman–Crippen MR) is 87.7 cm³/mol. The molecular formula is C17H16ClN3O2. The first-order chi connectivity index (χ1) is 11.2. The van der Waals surface area contributed by atoms with E-state index in [1.807, 2.05) is 53.2 Å². The molecule has 1 aliphatic heterocycles. The SMILES string of the molecule is O[C@@H]1COc2ccccc2[C@@H]1NCc1cnc2ccc(Cl)cn12. The lowest BCUT2D eigenvalue weighted by Gasteiger charge is -2.31. The van der Waals surface area contributed by atoms with Crippen molar-refractivity contribution in [2.75, 3.05) is 6.61 Å². The Kier molecular flexibility index (Phi) is 3.69. The number of benzene rings is 1. The first-order valence-corrected chi connectivity index (χ1v) is 7.85. The molecule has 3 aromatic rings. The van der Waals surface area contributed by atoms with Gasteiger partial charge in [-0.25, -0.2) is 4.98 Å². The molecule has 0 bridgehead atoms. The van der Waals surface area contributed by atoms with Crippen LogP contribution in [0.1, 0.15) is 17.3 Å². The summed E-state index contributed by atoms with van der Waals surface area (Å²) in [5.41, 5.74) is 2.80. The molecule has 0 amide bonds.